The first-order chi connectivity index (χ1) is 20.1. The van der Waals surface area contributed by atoms with E-state index in [2.05, 4.69) is 169 Å². The monoisotopic (exact) mass is 526 g/mol. The normalized spacial score (nSPS) is 13.3. The molecule has 2 nitrogen and oxygen atoms in total. The van der Waals surface area contributed by atoms with Crippen molar-refractivity contribution in [1.29, 1.82) is 0 Å². The van der Waals surface area contributed by atoms with E-state index in [-0.39, 0.29) is 5.41 Å². The minimum atomic E-state index is -0.0617. The van der Waals surface area contributed by atoms with Crippen LogP contribution >= 0.6 is 0 Å². The van der Waals surface area contributed by atoms with Crippen LogP contribution in [-0.4, -0.2) is 4.57 Å². The summed E-state index contributed by atoms with van der Waals surface area (Å²) in [5, 5.41) is 3.70. The van der Waals surface area contributed by atoms with Crippen LogP contribution in [-0.2, 0) is 5.41 Å². The molecule has 0 saturated carbocycles. The fourth-order valence-corrected chi connectivity index (χ4v) is 6.68. The molecule has 0 N–H and O–H groups in total. The molecule has 1 aromatic heterocycles. The van der Waals surface area contributed by atoms with Crippen LogP contribution in [0.1, 0.15) is 25.0 Å². The third-order valence-electron chi connectivity index (χ3n) is 8.78. The topological polar surface area (TPSA) is 8.17 Å². The van der Waals surface area contributed by atoms with Crippen LogP contribution in [0.15, 0.2) is 146 Å². The molecule has 0 unspecified atom stereocenters. The van der Waals surface area contributed by atoms with Crippen LogP contribution in [0, 0.1) is 0 Å². The number of anilines is 3. The van der Waals surface area contributed by atoms with Crippen molar-refractivity contribution in [2.75, 3.05) is 4.90 Å². The van der Waals surface area contributed by atoms with Crippen molar-refractivity contribution in [3.63, 3.8) is 0 Å². The Hall–Kier alpha value is -5.08. The highest BCUT2D eigenvalue weighted by molar-refractivity contribution is 5.93. The summed E-state index contributed by atoms with van der Waals surface area (Å²) in [4.78, 5) is 2.41. The summed E-state index contributed by atoms with van der Waals surface area (Å²) in [6.07, 6.45) is 2.17. The van der Waals surface area contributed by atoms with Gasteiger partial charge in [0.2, 0.25) is 0 Å². The van der Waals surface area contributed by atoms with Crippen LogP contribution in [0.25, 0.3) is 38.5 Å². The van der Waals surface area contributed by atoms with E-state index in [1.54, 1.807) is 0 Å². The fourth-order valence-electron chi connectivity index (χ4n) is 6.68. The van der Waals surface area contributed by atoms with Crippen LogP contribution in [0.4, 0.5) is 17.1 Å². The third-order valence-corrected chi connectivity index (χ3v) is 8.78. The van der Waals surface area contributed by atoms with Gasteiger partial charge < -0.3 is 9.47 Å². The first kappa shape index (κ1) is 23.8. The third kappa shape index (κ3) is 3.72. The van der Waals surface area contributed by atoms with Gasteiger partial charge in [0.05, 0.1) is 5.52 Å². The molecule has 1 heterocycles. The molecule has 8 rings (SSSR count). The zero-order valence-electron chi connectivity index (χ0n) is 23.3. The summed E-state index contributed by atoms with van der Waals surface area (Å²) in [6.45, 7) is 4.69. The van der Waals surface area contributed by atoms with Crippen molar-refractivity contribution in [3.8, 4) is 16.8 Å². The summed E-state index contributed by atoms with van der Waals surface area (Å²) in [6, 6.07) is 50.8. The minimum absolute atomic E-state index is 0.0617. The summed E-state index contributed by atoms with van der Waals surface area (Å²) in [7, 11) is 0. The number of aromatic nitrogens is 1. The van der Waals surface area contributed by atoms with Gasteiger partial charge >= 0.3 is 0 Å². The Kier molecular flexibility index (Phi) is 5.20. The highest BCUT2D eigenvalue weighted by Gasteiger charge is 2.35. The molecule has 0 fully saturated rings. The Labute approximate surface area is 240 Å². The lowest BCUT2D eigenvalue weighted by Gasteiger charge is -2.28. The second kappa shape index (κ2) is 8.97. The molecule has 0 spiro atoms. The first-order valence-corrected chi connectivity index (χ1v) is 14.3. The zero-order valence-corrected chi connectivity index (χ0v) is 23.3. The van der Waals surface area contributed by atoms with Gasteiger partial charge in [0.1, 0.15) is 0 Å². The van der Waals surface area contributed by atoms with Crippen LogP contribution < -0.4 is 4.90 Å². The highest BCUT2D eigenvalue weighted by Crippen LogP contribution is 2.50. The van der Waals surface area contributed by atoms with Gasteiger partial charge in [0, 0.05) is 39.7 Å². The van der Waals surface area contributed by atoms with Crippen molar-refractivity contribution in [1.82, 2.24) is 4.57 Å². The van der Waals surface area contributed by atoms with Gasteiger partial charge in [-0.3, -0.25) is 0 Å². The van der Waals surface area contributed by atoms with Crippen molar-refractivity contribution >= 4 is 38.7 Å². The van der Waals surface area contributed by atoms with Gasteiger partial charge in [0.15, 0.2) is 0 Å². The molecule has 0 aliphatic heterocycles. The van der Waals surface area contributed by atoms with E-state index in [1.165, 1.54) is 55.3 Å². The molecule has 0 bridgehead atoms. The number of hydrogen-bond donors (Lipinski definition) is 0. The van der Waals surface area contributed by atoms with E-state index in [4.69, 9.17) is 0 Å². The molecule has 2 heteroatoms. The van der Waals surface area contributed by atoms with E-state index in [0.717, 1.165) is 11.4 Å². The van der Waals surface area contributed by atoms with Gasteiger partial charge in [-0.2, -0.15) is 0 Å². The van der Waals surface area contributed by atoms with Crippen molar-refractivity contribution < 1.29 is 0 Å². The lowest BCUT2D eigenvalue weighted by molar-refractivity contribution is 0.660. The molecule has 0 amide bonds. The first-order valence-electron chi connectivity index (χ1n) is 14.3. The average molecular weight is 527 g/mol. The lowest BCUT2D eigenvalue weighted by atomic mass is 9.82. The number of fused-ring (bicyclic) bond motifs is 5. The zero-order chi connectivity index (χ0) is 27.6. The molecular formula is C39H30N2. The number of benzene rings is 6. The highest BCUT2D eigenvalue weighted by atomic mass is 15.1. The molecule has 0 atom stereocenters. The van der Waals surface area contributed by atoms with Crippen LogP contribution in [0.2, 0.25) is 0 Å². The van der Waals surface area contributed by atoms with Gasteiger partial charge in [-0.15, -0.1) is 0 Å². The molecule has 196 valence electrons. The Bertz CT molecular complexity index is 2080. The maximum Gasteiger partial charge on any atom is 0.0529 e. The Balaban J connectivity index is 1.31. The molecular weight excluding hydrogens is 496 g/mol. The van der Waals surface area contributed by atoms with Crippen molar-refractivity contribution in [2.45, 2.75) is 19.3 Å². The quantitative estimate of drug-likeness (QED) is 0.221. The number of rotatable bonds is 4. The summed E-state index contributed by atoms with van der Waals surface area (Å²) >= 11 is 0. The standard InChI is InChI=1S/C39H30N2/c1-39(2)36-15-9-8-14-34(36)35-20-18-33(26-37(35)39)41(31-17-16-27-10-6-7-11-28(27)24-31)32-19-21-38-29(25-32)22-23-40(38)30-12-4-3-5-13-30/h3-26H,1-2H3. The van der Waals surface area contributed by atoms with Gasteiger partial charge in [-0.25, -0.2) is 0 Å². The Morgan fingerprint density at radius 2 is 1.12 bits per heavy atom. The largest absolute Gasteiger partial charge is 0.317 e. The molecule has 41 heavy (non-hydrogen) atoms. The van der Waals surface area contributed by atoms with Crippen molar-refractivity contribution in [2.24, 2.45) is 0 Å². The molecule has 1 aliphatic carbocycles. The summed E-state index contributed by atoms with van der Waals surface area (Å²) in [5.74, 6) is 0. The van der Waals surface area contributed by atoms with E-state index in [9.17, 15) is 0 Å². The van der Waals surface area contributed by atoms with Gasteiger partial charge in [0.25, 0.3) is 0 Å². The van der Waals surface area contributed by atoms with Gasteiger partial charge in [-0.05, 0) is 93.7 Å². The van der Waals surface area contributed by atoms with Crippen molar-refractivity contribution in [3.05, 3.63) is 157 Å². The van der Waals surface area contributed by atoms with Crippen LogP contribution in [0.3, 0.4) is 0 Å². The average Bonchev–Trinajstić information content (AvgIpc) is 3.54. The van der Waals surface area contributed by atoms with Crippen LogP contribution in [0.5, 0.6) is 0 Å². The maximum atomic E-state index is 2.41. The molecule has 0 saturated heterocycles. The smallest absolute Gasteiger partial charge is 0.0529 e. The molecule has 6 aromatic carbocycles. The molecule has 1 aliphatic rings. The fraction of sp³-hybridized carbons (Fsp3) is 0.0769. The van der Waals surface area contributed by atoms with E-state index in [0.29, 0.717) is 0 Å². The minimum Gasteiger partial charge on any atom is -0.317 e. The Morgan fingerprint density at radius 1 is 0.488 bits per heavy atom. The lowest BCUT2D eigenvalue weighted by Crippen LogP contribution is -2.16. The second-order valence-electron chi connectivity index (χ2n) is 11.5. The summed E-state index contributed by atoms with van der Waals surface area (Å²) < 4.78 is 2.26. The van der Waals surface area contributed by atoms with E-state index >= 15 is 0 Å². The number of para-hydroxylation sites is 1. The second-order valence-corrected chi connectivity index (χ2v) is 11.5. The SMILES string of the molecule is CC1(C)c2ccccc2-c2ccc(N(c3ccc4ccccc4c3)c3ccc4c(ccn4-c4ccccc4)c3)cc21. The molecule has 0 radical (unpaired) electrons. The molecule has 7 aromatic rings. The number of nitrogens with zero attached hydrogens (tertiary/aromatic N) is 2. The Morgan fingerprint density at radius 3 is 1.98 bits per heavy atom. The number of hydrogen-bond acceptors (Lipinski definition) is 1. The van der Waals surface area contributed by atoms with E-state index in [1.807, 2.05) is 0 Å². The summed E-state index contributed by atoms with van der Waals surface area (Å²) in [5.41, 5.74) is 11.2. The maximum absolute atomic E-state index is 2.41. The van der Waals surface area contributed by atoms with E-state index < -0.39 is 0 Å². The predicted molar refractivity (Wildman–Crippen MR) is 173 cm³/mol. The predicted octanol–water partition coefficient (Wildman–Crippen LogP) is 10.6. The van der Waals surface area contributed by atoms with Gasteiger partial charge in [-0.1, -0.05) is 92.7 Å².